The topological polar surface area (TPSA) is 63.1 Å². The van der Waals surface area contributed by atoms with Gasteiger partial charge in [-0.25, -0.2) is 4.98 Å². The minimum absolute atomic E-state index is 0. The predicted octanol–water partition coefficient (Wildman–Crippen LogP) is 14.2. The number of carbonyl (C=O) groups is 1. The third-order valence-electron chi connectivity index (χ3n) is 11.5. The molecule has 2 heterocycles. The molecule has 9 heteroatoms. The summed E-state index contributed by atoms with van der Waals surface area (Å²) in [6.07, 6.45) is 0.420. The average molecular weight is 963 g/mol. The standard InChI is InChI=1S/C32H28F3N2S.C15H28O2.Ir/c1-19-14-20(2)16-26(15-19)28-30-27(36-18-37-28)21(3)29(38-30)25-12-10-24(11-13-25)23-8-6-22(7-9-23)17-31(4,5)32(33,34)35;1-7-14(5,8-2)12(16)11-13(17)15(6,9-3)10-4;/h6-15,18H,17H2,1-5H3;11,16H,7-10H2,1-6H3;/q-1;;/b;12-11-;/i18D;;. The first-order valence-corrected chi connectivity index (χ1v) is 19.9. The zero-order valence-electron chi connectivity index (χ0n) is 35.5. The SMILES string of the molecule is CCC(C)(CC)C(=O)/C=C(\O)C(C)(CC)CC.[2H]c1nc(-c2[c-]c(C)cc(C)c2)c2sc(-c3ccc(-c4ccc(CC(C)(C)C(F)(F)F)cc4)cc3)c(C)c2n1.[Ir]. The second kappa shape index (κ2) is 18.7. The molecule has 3 aromatic carbocycles. The summed E-state index contributed by atoms with van der Waals surface area (Å²) >= 11 is 1.61. The van der Waals surface area contributed by atoms with Crippen molar-refractivity contribution >= 4 is 27.3 Å². The second-order valence-corrected chi connectivity index (χ2v) is 16.9. The molecule has 0 amide bonds. The summed E-state index contributed by atoms with van der Waals surface area (Å²) in [5, 5.41) is 10.1. The Kier molecular flexibility index (Phi) is 15.1. The number of benzene rings is 3. The average Bonchev–Trinajstić information content (AvgIpc) is 3.48. The van der Waals surface area contributed by atoms with Gasteiger partial charge >= 0.3 is 6.18 Å². The summed E-state index contributed by atoms with van der Waals surface area (Å²) in [5.74, 6) is 0.286. The van der Waals surface area contributed by atoms with Crippen molar-refractivity contribution in [3.8, 4) is 32.8 Å². The molecular weight excluding hydrogens is 906 g/mol. The number of hydrogen-bond donors (Lipinski definition) is 1. The van der Waals surface area contributed by atoms with Crippen molar-refractivity contribution in [3.63, 3.8) is 0 Å². The van der Waals surface area contributed by atoms with Crippen LogP contribution in [-0.4, -0.2) is 27.0 Å². The van der Waals surface area contributed by atoms with Crippen LogP contribution in [0.4, 0.5) is 13.2 Å². The number of nitrogens with zero attached hydrogens (tertiary/aromatic N) is 2. The van der Waals surface area contributed by atoms with Crippen LogP contribution >= 0.6 is 11.3 Å². The van der Waals surface area contributed by atoms with Crippen LogP contribution in [0.15, 0.2) is 78.8 Å². The molecule has 0 aliphatic carbocycles. The third kappa shape index (κ3) is 10.4. The fourth-order valence-electron chi connectivity index (χ4n) is 6.38. The van der Waals surface area contributed by atoms with Crippen LogP contribution in [0.1, 0.15) is 105 Å². The number of aryl methyl sites for hydroxylation is 3. The molecule has 0 spiro atoms. The Balaban J connectivity index is 0.000000411. The predicted molar refractivity (Wildman–Crippen MR) is 223 cm³/mol. The van der Waals surface area contributed by atoms with Crippen LogP contribution in [0, 0.1) is 43.1 Å². The number of rotatable bonds is 12. The van der Waals surface area contributed by atoms with Gasteiger partial charge in [0, 0.05) is 52.3 Å². The molecule has 0 unspecified atom stereocenters. The Morgan fingerprint density at radius 3 is 1.84 bits per heavy atom. The van der Waals surface area contributed by atoms with E-state index in [4.69, 9.17) is 1.37 Å². The van der Waals surface area contributed by atoms with E-state index in [0.29, 0.717) is 5.56 Å². The number of allylic oxidation sites excluding steroid dienone is 2. The molecule has 4 nitrogen and oxygen atoms in total. The first-order valence-electron chi connectivity index (χ1n) is 19.6. The van der Waals surface area contributed by atoms with E-state index in [1.165, 1.54) is 19.9 Å². The second-order valence-electron chi connectivity index (χ2n) is 15.9. The maximum atomic E-state index is 13.3. The molecule has 56 heavy (non-hydrogen) atoms. The van der Waals surface area contributed by atoms with Crippen LogP contribution in [0.5, 0.6) is 0 Å². The number of alkyl halides is 3. The van der Waals surface area contributed by atoms with Gasteiger partial charge in [0.15, 0.2) is 5.78 Å². The monoisotopic (exact) mass is 963 g/mol. The van der Waals surface area contributed by atoms with Crippen molar-refractivity contribution in [1.29, 1.82) is 0 Å². The molecule has 0 aliphatic heterocycles. The van der Waals surface area contributed by atoms with Crippen LogP contribution in [0.3, 0.4) is 0 Å². The van der Waals surface area contributed by atoms with Crippen molar-refractivity contribution in [2.24, 2.45) is 16.2 Å². The first-order chi connectivity index (χ1) is 26.1. The maximum absolute atomic E-state index is 13.3. The van der Waals surface area contributed by atoms with Gasteiger partial charge < -0.3 is 5.11 Å². The van der Waals surface area contributed by atoms with Gasteiger partial charge in [-0.1, -0.05) is 118 Å². The fraction of sp³-hybridized carbons (Fsp3) is 0.426. The Morgan fingerprint density at radius 2 is 1.34 bits per heavy atom. The number of carbonyl (C=O) groups excluding carboxylic acids is 1. The van der Waals surface area contributed by atoms with E-state index in [-0.39, 0.29) is 55.2 Å². The van der Waals surface area contributed by atoms with Gasteiger partial charge in [0.1, 0.15) is 13.4 Å². The van der Waals surface area contributed by atoms with Gasteiger partial charge in [0.25, 0.3) is 0 Å². The van der Waals surface area contributed by atoms with Gasteiger partial charge in [0.05, 0.1) is 10.9 Å². The van der Waals surface area contributed by atoms with E-state index < -0.39 is 11.6 Å². The largest absolute Gasteiger partial charge is 0.512 e. The van der Waals surface area contributed by atoms with E-state index >= 15 is 0 Å². The van der Waals surface area contributed by atoms with Crippen molar-refractivity contribution < 1.29 is 44.5 Å². The molecule has 0 atom stereocenters. The van der Waals surface area contributed by atoms with E-state index in [1.807, 2.05) is 105 Å². The van der Waals surface area contributed by atoms with Crippen LogP contribution < -0.4 is 0 Å². The summed E-state index contributed by atoms with van der Waals surface area (Å²) in [6.45, 7) is 20.6. The fourth-order valence-corrected chi connectivity index (χ4v) is 7.64. The molecule has 0 saturated heterocycles. The van der Waals surface area contributed by atoms with Gasteiger partial charge in [-0.15, -0.1) is 46.2 Å². The molecule has 0 bridgehead atoms. The third-order valence-corrected chi connectivity index (χ3v) is 12.8. The smallest absolute Gasteiger partial charge is 0.394 e. The number of ketones is 1. The molecule has 5 rings (SSSR count). The van der Waals surface area contributed by atoms with Crippen molar-refractivity contribution in [1.82, 2.24) is 9.97 Å². The summed E-state index contributed by atoms with van der Waals surface area (Å²) in [7, 11) is 0. The minimum Gasteiger partial charge on any atom is -0.512 e. The Bertz CT molecular complexity index is 2160. The first kappa shape index (κ1) is 45.1. The number of aliphatic hydroxyl groups is 1. The molecule has 5 aromatic rings. The minimum atomic E-state index is -4.25. The normalized spacial score (nSPS) is 12.8. The van der Waals surface area contributed by atoms with Crippen molar-refractivity contribution in [3.05, 3.63) is 107 Å². The van der Waals surface area contributed by atoms with E-state index in [0.717, 1.165) is 85.4 Å². The molecule has 1 radical (unpaired) electrons. The molecule has 0 saturated carbocycles. The Labute approximate surface area is 350 Å². The van der Waals surface area contributed by atoms with E-state index in [9.17, 15) is 23.1 Å². The Morgan fingerprint density at radius 1 is 0.821 bits per heavy atom. The van der Waals surface area contributed by atoms with E-state index in [1.54, 1.807) is 23.5 Å². The molecule has 0 aliphatic rings. The molecular formula is C47H56F3IrN2O2S-. The van der Waals surface area contributed by atoms with Crippen LogP contribution in [0.2, 0.25) is 0 Å². The summed E-state index contributed by atoms with van der Waals surface area (Å²) in [5.41, 5.74) is 6.73. The molecule has 0 fully saturated rings. The van der Waals surface area contributed by atoms with Crippen LogP contribution in [0.25, 0.3) is 43.0 Å². The number of fused-ring (bicyclic) bond motifs is 1. The van der Waals surface area contributed by atoms with Crippen molar-refractivity contribution in [2.75, 3.05) is 0 Å². The molecule has 303 valence electrons. The molecule has 2 aromatic heterocycles. The maximum Gasteiger partial charge on any atom is 0.394 e. The summed E-state index contributed by atoms with van der Waals surface area (Å²) in [6, 6.07) is 22.9. The zero-order chi connectivity index (χ0) is 41.8. The summed E-state index contributed by atoms with van der Waals surface area (Å²) in [4.78, 5) is 22.2. The number of hydrogen-bond acceptors (Lipinski definition) is 5. The van der Waals surface area contributed by atoms with Gasteiger partial charge in [-0.2, -0.15) is 13.2 Å². The van der Waals surface area contributed by atoms with Gasteiger partial charge in [-0.05, 0) is 66.8 Å². The number of halogens is 3. The Hall–Kier alpha value is -3.65. The molecule has 1 N–H and O–H groups in total. The zero-order valence-corrected chi connectivity index (χ0v) is 37.7. The number of thiophene rings is 1. The number of aromatic nitrogens is 2. The quantitative estimate of drug-likeness (QED) is 0.0769. The van der Waals surface area contributed by atoms with Gasteiger partial charge in [-0.3, -0.25) is 9.78 Å². The van der Waals surface area contributed by atoms with Crippen molar-refractivity contribution in [2.45, 2.75) is 114 Å². The summed E-state index contributed by atoms with van der Waals surface area (Å²) < 4.78 is 49.0. The van der Waals surface area contributed by atoms with Gasteiger partial charge in [0.2, 0.25) is 0 Å². The van der Waals surface area contributed by atoms with E-state index in [2.05, 4.69) is 22.1 Å². The number of aliphatic hydroxyl groups excluding tert-OH is 1. The van der Waals surface area contributed by atoms with Crippen LogP contribution in [-0.2, 0) is 31.3 Å².